The molecule has 0 bridgehead atoms. The Bertz CT molecular complexity index is 146. The molecule has 2 nitrogen and oxygen atoms in total. The van der Waals surface area contributed by atoms with Crippen molar-refractivity contribution >= 4 is 5.91 Å². The third-order valence-electron chi connectivity index (χ3n) is 1.93. The number of carbonyl (C=O) groups is 1. The highest BCUT2D eigenvalue weighted by molar-refractivity contribution is 5.74. The standard InChI is InChI=1S/C10H21NO/c1-6-7-8-11(9(2)12)10(3,4)5/h6-8H2,1-5H3. The second-order valence-electron chi connectivity index (χ2n) is 4.20. The number of nitrogens with zero attached hydrogens (tertiary/aromatic N) is 1. The molecule has 0 saturated carbocycles. The fourth-order valence-electron chi connectivity index (χ4n) is 1.28. The van der Waals surface area contributed by atoms with Gasteiger partial charge in [-0.15, -0.1) is 0 Å². The van der Waals surface area contributed by atoms with E-state index in [0.29, 0.717) is 0 Å². The second-order valence-corrected chi connectivity index (χ2v) is 4.20. The van der Waals surface area contributed by atoms with E-state index >= 15 is 0 Å². The normalized spacial score (nSPS) is 11.4. The summed E-state index contributed by atoms with van der Waals surface area (Å²) in [4.78, 5) is 13.1. The van der Waals surface area contributed by atoms with Crippen LogP contribution in [0.2, 0.25) is 0 Å². The van der Waals surface area contributed by atoms with E-state index in [2.05, 4.69) is 27.7 Å². The molecule has 1 amide bonds. The highest BCUT2D eigenvalue weighted by Gasteiger charge is 2.22. The molecular formula is C10H21NO. The Morgan fingerprint density at radius 3 is 2.08 bits per heavy atom. The molecule has 72 valence electrons. The minimum absolute atomic E-state index is 0.0268. The number of amides is 1. The van der Waals surface area contributed by atoms with Crippen molar-refractivity contribution in [3.63, 3.8) is 0 Å². The summed E-state index contributed by atoms with van der Waals surface area (Å²) in [5.74, 6) is 0.177. The average molecular weight is 171 g/mol. The molecule has 0 rings (SSSR count). The third kappa shape index (κ3) is 3.74. The van der Waals surface area contributed by atoms with Crippen molar-refractivity contribution in [3.8, 4) is 0 Å². The Morgan fingerprint density at radius 1 is 1.33 bits per heavy atom. The van der Waals surface area contributed by atoms with Gasteiger partial charge in [-0.2, -0.15) is 0 Å². The van der Waals surface area contributed by atoms with Crippen molar-refractivity contribution in [2.45, 2.75) is 53.0 Å². The molecule has 0 aromatic heterocycles. The molecule has 0 fully saturated rings. The van der Waals surface area contributed by atoms with Crippen LogP contribution in [-0.4, -0.2) is 22.9 Å². The smallest absolute Gasteiger partial charge is 0.219 e. The van der Waals surface area contributed by atoms with Crippen LogP contribution in [0.15, 0.2) is 0 Å². The number of carbonyl (C=O) groups excluding carboxylic acids is 1. The molecule has 2 heteroatoms. The first-order chi connectivity index (χ1) is 5.39. The lowest BCUT2D eigenvalue weighted by atomic mass is 10.1. The summed E-state index contributed by atoms with van der Waals surface area (Å²) in [5.41, 5.74) is -0.0268. The first-order valence-corrected chi connectivity index (χ1v) is 4.67. The lowest BCUT2D eigenvalue weighted by Crippen LogP contribution is -2.44. The van der Waals surface area contributed by atoms with E-state index in [-0.39, 0.29) is 11.4 Å². The van der Waals surface area contributed by atoms with Gasteiger partial charge in [0.15, 0.2) is 0 Å². The Kier molecular flexibility index (Phi) is 4.29. The topological polar surface area (TPSA) is 20.3 Å². The highest BCUT2D eigenvalue weighted by Crippen LogP contribution is 2.13. The molecule has 0 saturated heterocycles. The quantitative estimate of drug-likeness (QED) is 0.638. The van der Waals surface area contributed by atoms with E-state index in [9.17, 15) is 4.79 Å². The van der Waals surface area contributed by atoms with Crippen molar-refractivity contribution < 1.29 is 4.79 Å². The van der Waals surface area contributed by atoms with Crippen molar-refractivity contribution in [3.05, 3.63) is 0 Å². The maximum absolute atomic E-state index is 11.2. The van der Waals surface area contributed by atoms with Gasteiger partial charge >= 0.3 is 0 Å². The van der Waals surface area contributed by atoms with E-state index in [1.165, 1.54) is 0 Å². The van der Waals surface area contributed by atoms with Gasteiger partial charge in [0, 0.05) is 19.0 Å². The number of rotatable bonds is 3. The molecule has 0 aromatic carbocycles. The number of hydrogen-bond acceptors (Lipinski definition) is 1. The van der Waals surface area contributed by atoms with Gasteiger partial charge in [-0.25, -0.2) is 0 Å². The largest absolute Gasteiger partial charge is 0.338 e. The van der Waals surface area contributed by atoms with Crippen molar-refractivity contribution in [2.24, 2.45) is 0 Å². The fourth-order valence-corrected chi connectivity index (χ4v) is 1.28. The molecule has 0 atom stereocenters. The molecule has 0 aromatic rings. The Morgan fingerprint density at radius 2 is 1.83 bits per heavy atom. The van der Waals surface area contributed by atoms with Gasteiger partial charge in [0.25, 0.3) is 0 Å². The predicted molar refractivity (Wildman–Crippen MR) is 52.0 cm³/mol. The van der Waals surface area contributed by atoms with Crippen LogP contribution in [0.1, 0.15) is 47.5 Å². The van der Waals surface area contributed by atoms with Crippen LogP contribution in [0.25, 0.3) is 0 Å². The van der Waals surface area contributed by atoms with Gasteiger partial charge in [0.05, 0.1) is 0 Å². The Hall–Kier alpha value is -0.530. The summed E-state index contributed by atoms with van der Waals surface area (Å²) < 4.78 is 0. The molecule has 0 radical (unpaired) electrons. The van der Waals surface area contributed by atoms with E-state index < -0.39 is 0 Å². The lowest BCUT2D eigenvalue weighted by molar-refractivity contribution is -0.133. The van der Waals surface area contributed by atoms with Gasteiger partial charge in [-0.3, -0.25) is 4.79 Å². The Labute approximate surface area is 75.9 Å². The molecular weight excluding hydrogens is 150 g/mol. The van der Waals surface area contributed by atoms with Crippen LogP contribution in [0.5, 0.6) is 0 Å². The van der Waals surface area contributed by atoms with Crippen LogP contribution >= 0.6 is 0 Å². The third-order valence-corrected chi connectivity index (χ3v) is 1.93. The maximum atomic E-state index is 11.2. The zero-order chi connectivity index (χ0) is 9.78. The monoisotopic (exact) mass is 171 g/mol. The van der Waals surface area contributed by atoms with E-state index in [4.69, 9.17) is 0 Å². The molecule has 0 spiro atoms. The van der Waals surface area contributed by atoms with Crippen LogP contribution < -0.4 is 0 Å². The number of hydrogen-bond donors (Lipinski definition) is 0. The molecule has 0 heterocycles. The molecule has 0 N–H and O–H groups in total. The van der Waals surface area contributed by atoms with Crippen LogP contribution in [0.3, 0.4) is 0 Å². The lowest BCUT2D eigenvalue weighted by Gasteiger charge is -2.34. The molecule has 0 aliphatic heterocycles. The summed E-state index contributed by atoms with van der Waals surface area (Å²) in [6.45, 7) is 10.9. The molecule has 0 aliphatic carbocycles. The van der Waals surface area contributed by atoms with Gasteiger partial charge in [-0.05, 0) is 27.2 Å². The SMILES string of the molecule is CCCCN(C(C)=O)C(C)(C)C. The van der Waals surface area contributed by atoms with Crippen LogP contribution in [0, 0.1) is 0 Å². The van der Waals surface area contributed by atoms with Gasteiger partial charge in [-0.1, -0.05) is 13.3 Å². The summed E-state index contributed by atoms with van der Waals surface area (Å²) in [5, 5.41) is 0. The minimum Gasteiger partial charge on any atom is -0.338 e. The van der Waals surface area contributed by atoms with Crippen molar-refractivity contribution in [2.75, 3.05) is 6.54 Å². The molecule has 0 unspecified atom stereocenters. The first kappa shape index (κ1) is 11.5. The van der Waals surface area contributed by atoms with E-state index in [1.807, 2.05) is 4.90 Å². The predicted octanol–water partition coefficient (Wildman–Crippen LogP) is 2.43. The van der Waals surface area contributed by atoms with E-state index in [0.717, 1.165) is 19.4 Å². The minimum atomic E-state index is -0.0268. The van der Waals surface area contributed by atoms with Crippen LogP contribution in [-0.2, 0) is 4.79 Å². The molecule has 12 heavy (non-hydrogen) atoms. The van der Waals surface area contributed by atoms with Gasteiger partial charge < -0.3 is 4.90 Å². The Balaban J connectivity index is 4.15. The summed E-state index contributed by atoms with van der Waals surface area (Å²) >= 11 is 0. The highest BCUT2D eigenvalue weighted by atomic mass is 16.2. The van der Waals surface area contributed by atoms with Gasteiger partial charge in [0.1, 0.15) is 0 Å². The summed E-state index contributed by atoms with van der Waals surface area (Å²) in [7, 11) is 0. The average Bonchev–Trinajstić information content (AvgIpc) is 1.84. The van der Waals surface area contributed by atoms with Crippen molar-refractivity contribution in [1.29, 1.82) is 0 Å². The fraction of sp³-hybridized carbons (Fsp3) is 0.900. The van der Waals surface area contributed by atoms with Gasteiger partial charge in [0.2, 0.25) is 5.91 Å². The maximum Gasteiger partial charge on any atom is 0.219 e. The zero-order valence-corrected chi connectivity index (χ0v) is 8.98. The number of unbranched alkanes of at least 4 members (excludes halogenated alkanes) is 1. The van der Waals surface area contributed by atoms with Crippen molar-refractivity contribution in [1.82, 2.24) is 4.90 Å². The van der Waals surface area contributed by atoms with Crippen LogP contribution in [0.4, 0.5) is 0 Å². The van der Waals surface area contributed by atoms with E-state index in [1.54, 1.807) is 6.92 Å². The second kappa shape index (κ2) is 4.48. The first-order valence-electron chi connectivity index (χ1n) is 4.67. The summed E-state index contributed by atoms with van der Waals surface area (Å²) in [6.07, 6.45) is 2.23. The summed E-state index contributed by atoms with van der Waals surface area (Å²) in [6, 6.07) is 0. The zero-order valence-electron chi connectivity index (χ0n) is 8.98. The molecule has 0 aliphatic rings.